The highest BCUT2D eigenvalue weighted by atomic mass is 32.2. The van der Waals surface area contributed by atoms with E-state index < -0.39 is 10.0 Å². The minimum atomic E-state index is -3.21. The van der Waals surface area contributed by atoms with E-state index in [-0.39, 0.29) is 5.25 Å². The van der Waals surface area contributed by atoms with Gasteiger partial charge in [-0.05, 0) is 37.1 Å². The van der Waals surface area contributed by atoms with Crippen LogP contribution in [0.25, 0.3) is 0 Å². The molecular weight excluding hydrogens is 260 g/mol. The second-order valence-corrected chi connectivity index (χ2v) is 6.99. The van der Waals surface area contributed by atoms with E-state index in [4.69, 9.17) is 0 Å². The summed E-state index contributed by atoms with van der Waals surface area (Å²) in [5.74, 6) is 0. The average Bonchev–Trinajstić information content (AvgIpc) is 2.92. The van der Waals surface area contributed by atoms with Gasteiger partial charge < -0.3 is 5.32 Å². The number of anilines is 1. The molecule has 1 aliphatic carbocycles. The van der Waals surface area contributed by atoms with Crippen molar-refractivity contribution >= 4 is 15.7 Å². The number of benzene rings is 1. The van der Waals surface area contributed by atoms with E-state index in [0.717, 1.165) is 44.3 Å². The summed E-state index contributed by atoms with van der Waals surface area (Å²) in [4.78, 5) is 0. The monoisotopic (exact) mass is 282 g/mol. The van der Waals surface area contributed by atoms with Gasteiger partial charge in [0.15, 0.2) is 0 Å². The summed E-state index contributed by atoms with van der Waals surface area (Å²) in [7, 11) is -3.21. The number of hydrogen-bond donors (Lipinski definition) is 2. The van der Waals surface area contributed by atoms with Gasteiger partial charge in [-0.3, -0.25) is 4.72 Å². The molecule has 0 saturated heterocycles. The average molecular weight is 282 g/mol. The Balaban J connectivity index is 1.98. The first-order chi connectivity index (χ1) is 9.12. The third kappa shape index (κ3) is 3.94. The van der Waals surface area contributed by atoms with Crippen molar-refractivity contribution in [1.82, 2.24) is 5.32 Å². The van der Waals surface area contributed by atoms with Crippen LogP contribution in [-0.2, 0) is 16.6 Å². The standard InChI is InChI=1S/C14H22N2O2S/c1-2-15-11-12-7-9-13(10-8-12)16-19(17,18)14-5-3-4-6-14/h7-10,14-16H,2-6,11H2,1H3. The van der Waals surface area contributed by atoms with E-state index in [1.807, 2.05) is 24.3 Å². The molecule has 5 heteroatoms. The van der Waals surface area contributed by atoms with Gasteiger partial charge in [0.1, 0.15) is 0 Å². The SMILES string of the molecule is CCNCc1ccc(NS(=O)(=O)C2CCCC2)cc1. The molecular formula is C14H22N2O2S. The van der Waals surface area contributed by atoms with Gasteiger partial charge in [0.2, 0.25) is 10.0 Å². The third-order valence-corrected chi connectivity index (χ3v) is 5.40. The molecule has 2 N–H and O–H groups in total. The van der Waals surface area contributed by atoms with Gasteiger partial charge in [0.05, 0.1) is 5.25 Å². The van der Waals surface area contributed by atoms with Crippen molar-refractivity contribution in [2.24, 2.45) is 0 Å². The van der Waals surface area contributed by atoms with Gasteiger partial charge in [-0.1, -0.05) is 31.9 Å². The fourth-order valence-corrected chi connectivity index (χ4v) is 3.99. The van der Waals surface area contributed by atoms with Gasteiger partial charge in [0.25, 0.3) is 0 Å². The topological polar surface area (TPSA) is 58.2 Å². The van der Waals surface area contributed by atoms with E-state index in [1.54, 1.807) is 0 Å². The Hall–Kier alpha value is -1.07. The van der Waals surface area contributed by atoms with Crippen molar-refractivity contribution in [3.05, 3.63) is 29.8 Å². The summed E-state index contributed by atoms with van der Waals surface area (Å²) < 4.78 is 27.0. The van der Waals surface area contributed by atoms with Crippen molar-refractivity contribution in [2.45, 2.75) is 44.4 Å². The maximum absolute atomic E-state index is 12.1. The smallest absolute Gasteiger partial charge is 0.235 e. The van der Waals surface area contributed by atoms with Crippen LogP contribution < -0.4 is 10.0 Å². The van der Waals surface area contributed by atoms with Crippen LogP contribution in [-0.4, -0.2) is 20.2 Å². The number of sulfonamides is 1. The number of hydrogen-bond acceptors (Lipinski definition) is 3. The lowest BCUT2D eigenvalue weighted by Crippen LogP contribution is -2.25. The van der Waals surface area contributed by atoms with Crippen molar-refractivity contribution in [3.63, 3.8) is 0 Å². The highest BCUT2D eigenvalue weighted by Gasteiger charge is 2.28. The molecule has 1 saturated carbocycles. The molecule has 0 bridgehead atoms. The second-order valence-electron chi connectivity index (χ2n) is 5.03. The van der Waals surface area contributed by atoms with Gasteiger partial charge >= 0.3 is 0 Å². The zero-order valence-electron chi connectivity index (χ0n) is 11.4. The van der Waals surface area contributed by atoms with Crippen LogP contribution >= 0.6 is 0 Å². The van der Waals surface area contributed by atoms with Gasteiger partial charge in [0, 0.05) is 12.2 Å². The molecule has 2 rings (SSSR count). The summed E-state index contributed by atoms with van der Waals surface area (Å²) in [6.07, 6.45) is 3.61. The maximum Gasteiger partial charge on any atom is 0.235 e. The molecule has 0 unspecified atom stereocenters. The Morgan fingerprint density at radius 2 is 1.79 bits per heavy atom. The molecule has 0 amide bonds. The first-order valence-corrected chi connectivity index (χ1v) is 8.48. The normalized spacial score (nSPS) is 16.7. The molecule has 106 valence electrons. The molecule has 0 aliphatic heterocycles. The zero-order valence-corrected chi connectivity index (χ0v) is 12.2. The predicted molar refractivity (Wildman–Crippen MR) is 78.6 cm³/mol. The van der Waals surface area contributed by atoms with E-state index >= 15 is 0 Å². The van der Waals surface area contributed by atoms with E-state index in [9.17, 15) is 8.42 Å². The van der Waals surface area contributed by atoms with Crippen molar-refractivity contribution in [1.29, 1.82) is 0 Å². The zero-order chi connectivity index (χ0) is 13.7. The van der Waals surface area contributed by atoms with Crippen LogP contribution in [0.15, 0.2) is 24.3 Å². The third-order valence-electron chi connectivity index (χ3n) is 3.53. The molecule has 0 radical (unpaired) electrons. The van der Waals surface area contributed by atoms with Crippen LogP contribution in [0.1, 0.15) is 38.2 Å². The van der Waals surface area contributed by atoms with Crippen LogP contribution in [0.4, 0.5) is 5.69 Å². The molecule has 0 atom stereocenters. The molecule has 1 aromatic carbocycles. The molecule has 1 aliphatic rings. The molecule has 0 aromatic heterocycles. The number of nitrogens with one attached hydrogen (secondary N) is 2. The van der Waals surface area contributed by atoms with Gasteiger partial charge in [-0.2, -0.15) is 0 Å². The summed E-state index contributed by atoms with van der Waals surface area (Å²) in [5.41, 5.74) is 1.82. The minimum absolute atomic E-state index is 0.214. The predicted octanol–water partition coefficient (Wildman–Crippen LogP) is 2.48. The molecule has 0 heterocycles. The Morgan fingerprint density at radius 1 is 1.16 bits per heavy atom. The lowest BCUT2D eigenvalue weighted by atomic mass is 10.2. The Labute approximate surface area is 115 Å². The van der Waals surface area contributed by atoms with Gasteiger partial charge in [-0.25, -0.2) is 8.42 Å². The van der Waals surface area contributed by atoms with Crippen LogP contribution in [0.5, 0.6) is 0 Å². The molecule has 4 nitrogen and oxygen atoms in total. The second kappa shape index (κ2) is 6.39. The van der Waals surface area contributed by atoms with E-state index in [1.165, 1.54) is 0 Å². The van der Waals surface area contributed by atoms with E-state index in [2.05, 4.69) is 17.0 Å². The van der Waals surface area contributed by atoms with Crippen LogP contribution in [0.3, 0.4) is 0 Å². The fourth-order valence-electron chi connectivity index (χ4n) is 2.41. The van der Waals surface area contributed by atoms with Crippen molar-refractivity contribution < 1.29 is 8.42 Å². The molecule has 0 spiro atoms. The van der Waals surface area contributed by atoms with Crippen molar-refractivity contribution in [3.8, 4) is 0 Å². The molecule has 19 heavy (non-hydrogen) atoms. The summed E-state index contributed by atoms with van der Waals surface area (Å²) >= 11 is 0. The Bertz CT molecular complexity index is 491. The van der Waals surface area contributed by atoms with Gasteiger partial charge in [-0.15, -0.1) is 0 Å². The summed E-state index contributed by atoms with van der Waals surface area (Å²) in [5, 5.41) is 3.02. The summed E-state index contributed by atoms with van der Waals surface area (Å²) in [6.45, 7) is 3.80. The lowest BCUT2D eigenvalue weighted by Gasteiger charge is -2.13. The highest BCUT2D eigenvalue weighted by Crippen LogP contribution is 2.26. The first kappa shape index (κ1) is 14.3. The lowest BCUT2D eigenvalue weighted by molar-refractivity contribution is 0.585. The molecule has 1 aromatic rings. The summed E-state index contributed by atoms with van der Waals surface area (Å²) in [6, 6.07) is 7.57. The van der Waals surface area contributed by atoms with Crippen molar-refractivity contribution in [2.75, 3.05) is 11.3 Å². The molecule has 1 fully saturated rings. The quantitative estimate of drug-likeness (QED) is 0.842. The Kier molecular flexibility index (Phi) is 4.82. The first-order valence-electron chi connectivity index (χ1n) is 6.93. The van der Waals surface area contributed by atoms with Crippen LogP contribution in [0, 0.1) is 0 Å². The number of rotatable bonds is 6. The fraction of sp³-hybridized carbons (Fsp3) is 0.571. The highest BCUT2D eigenvalue weighted by molar-refractivity contribution is 7.93. The Morgan fingerprint density at radius 3 is 2.37 bits per heavy atom. The van der Waals surface area contributed by atoms with Crippen LogP contribution in [0.2, 0.25) is 0 Å². The maximum atomic E-state index is 12.1. The largest absolute Gasteiger partial charge is 0.313 e. The minimum Gasteiger partial charge on any atom is -0.313 e. The van der Waals surface area contributed by atoms with E-state index in [0.29, 0.717) is 5.69 Å².